The predicted octanol–water partition coefficient (Wildman–Crippen LogP) is 1.23. The van der Waals surface area contributed by atoms with E-state index in [-0.39, 0.29) is 6.61 Å². The number of aryl methyl sites for hydroxylation is 2. The first-order chi connectivity index (χ1) is 9.19. The summed E-state index contributed by atoms with van der Waals surface area (Å²) in [5.74, 6) is 1.86. The molecule has 0 radical (unpaired) electrons. The molecule has 0 amide bonds. The van der Waals surface area contributed by atoms with E-state index < -0.39 is 0 Å². The Morgan fingerprint density at radius 2 is 1.74 bits per heavy atom. The molecule has 0 atom stereocenters. The van der Waals surface area contributed by atoms with Crippen LogP contribution >= 0.6 is 0 Å². The van der Waals surface area contributed by atoms with Gasteiger partial charge in [-0.15, -0.1) is 0 Å². The van der Waals surface area contributed by atoms with Gasteiger partial charge in [-0.1, -0.05) is 13.8 Å². The number of piperazine rings is 1. The molecule has 19 heavy (non-hydrogen) atoms. The van der Waals surface area contributed by atoms with Crippen molar-refractivity contribution in [3.05, 3.63) is 17.6 Å². The number of aromatic nitrogens is 2. The molecule has 0 bridgehead atoms. The molecule has 2 heterocycles. The van der Waals surface area contributed by atoms with Gasteiger partial charge in [0.15, 0.2) is 0 Å². The second kappa shape index (κ2) is 8.07. The van der Waals surface area contributed by atoms with E-state index >= 15 is 0 Å². The first-order valence-corrected chi connectivity index (χ1v) is 7.09. The lowest BCUT2D eigenvalue weighted by molar-refractivity contribution is 0.188. The number of rotatable bonds is 3. The van der Waals surface area contributed by atoms with Crippen LogP contribution in [0.4, 0.5) is 5.82 Å². The number of aliphatic hydroxyl groups excluding tert-OH is 1. The SMILES string of the molecule is CC.Cc1cc(N2CCN(CCO)CC2)nc(C)n1. The van der Waals surface area contributed by atoms with E-state index in [1.165, 1.54) is 0 Å². The molecule has 5 nitrogen and oxygen atoms in total. The van der Waals surface area contributed by atoms with Gasteiger partial charge in [0.2, 0.25) is 0 Å². The number of hydrogen-bond acceptors (Lipinski definition) is 5. The zero-order chi connectivity index (χ0) is 14.3. The van der Waals surface area contributed by atoms with Crippen LogP contribution in [-0.2, 0) is 0 Å². The number of nitrogens with zero attached hydrogens (tertiary/aromatic N) is 4. The maximum absolute atomic E-state index is 8.90. The fourth-order valence-electron chi connectivity index (χ4n) is 2.20. The summed E-state index contributed by atoms with van der Waals surface area (Å²) < 4.78 is 0. The van der Waals surface area contributed by atoms with Crippen molar-refractivity contribution < 1.29 is 5.11 Å². The van der Waals surface area contributed by atoms with E-state index in [2.05, 4.69) is 19.8 Å². The lowest BCUT2D eigenvalue weighted by Crippen LogP contribution is -2.47. The van der Waals surface area contributed by atoms with Gasteiger partial charge >= 0.3 is 0 Å². The van der Waals surface area contributed by atoms with Crippen molar-refractivity contribution >= 4 is 5.82 Å². The lowest BCUT2D eigenvalue weighted by atomic mass is 10.3. The molecule has 1 aliphatic heterocycles. The second-order valence-electron chi connectivity index (χ2n) is 4.47. The molecule has 0 spiro atoms. The number of anilines is 1. The van der Waals surface area contributed by atoms with Crippen molar-refractivity contribution in [2.24, 2.45) is 0 Å². The van der Waals surface area contributed by atoms with Crippen LogP contribution in [0.3, 0.4) is 0 Å². The van der Waals surface area contributed by atoms with Crippen LogP contribution < -0.4 is 4.90 Å². The van der Waals surface area contributed by atoms with Crippen LogP contribution in [0, 0.1) is 13.8 Å². The maximum atomic E-state index is 8.90. The Kier molecular flexibility index (Phi) is 6.73. The van der Waals surface area contributed by atoms with E-state index in [4.69, 9.17) is 5.11 Å². The van der Waals surface area contributed by atoms with Crippen LogP contribution in [-0.4, -0.2) is 59.3 Å². The van der Waals surface area contributed by atoms with Gasteiger partial charge in [-0.05, 0) is 13.8 Å². The standard InChI is InChI=1S/C12H20N4O.C2H6/c1-10-9-12(14-11(2)13-10)16-5-3-15(4-6-16)7-8-17;1-2/h9,17H,3-8H2,1-2H3;1-2H3. The van der Waals surface area contributed by atoms with Crippen molar-refractivity contribution in [1.82, 2.24) is 14.9 Å². The summed E-state index contributed by atoms with van der Waals surface area (Å²) in [7, 11) is 0. The minimum atomic E-state index is 0.242. The molecule has 0 aliphatic carbocycles. The van der Waals surface area contributed by atoms with E-state index in [0.29, 0.717) is 0 Å². The molecule has 2 rings (SSSR count). The number of β-amino-alcohol motifs (C(OH)–C–C–N with tert-alkyl or cyclic N) is 1. The van der Waals surface area contributed by atoms with E-state index in [0.717, 1.165) is 50.1 Å². The van der Waals surface area contributed by atoms with Gasteiger partial charge in [-0.3, -0.25) is 4.90 Å². The van der Waals surface area contributed by atoms with Gasteiger partial charge in [-0.2, -0.15) is 0 Å². The molecule has 108 valence electrons. The van der Waals surface area contributed by atoms with Crippen molar-refractivity contribution in [3.8, 4) is 0 Å². The summed E-state index contributed by atoms with van der Waals surface area (Å²) in [5.41, 5.74) is 1.02. The quantitative estimate of drug-likeness (QED) is 0.892. The Morgan fingerprint density at radius 3 is 2.26 bits per heavy atom. The molecule has 0 aromatic carbocycles. The molecular weight excluding hydrogens is 240 g/mol. The Morgan fingerprint density at radius 1 is 1.11 bits per heavy atom. The van der Waals surface area contributed by atoms with E-state index in [1.807, 2.05) is 33.8 Å². The first kappa shape index (κ1) is 15.9. The Hall–Kier alpha value is -1.20. The Bertz CT molecular complexity index is 355. The smallest absolute Gasteiger partial charge is 0.132 e. The normalized spacial score (nSPS) is 15.9. The van der Waals surface area contributed by atoms with E-state index in [9.17, 15) is 0 Å². The van der Waals surface area contributed by atoms with Crippen LogP contribution in [0.25, 0.3) is 0 Å². The molecule has 1 aromatic rings. The van der Waals surface area contributed by atoms with E-state index in [1.54, 1.807) is 0 Å². The molecule has 0 saturated carbocycles. The summed E-state index contributed by atoms with van der Waals surface area (Å²) in [4.78, 5) is 13.3. The van der Waals surface area contributed by atoms with Crippen LogP contribution in [0.1, 0.15) is 25.4 Å². The molecule has 1 fully saturated rings. The van der Waals surface area contributed by atoms with Gasteiger partial charge in [0, 0.05) is 44.5 Å². The fourth-order valence-corrected chi connectivity index (χ4v) is 2.20. The van der Waals surface area contributed by atoms with Gasteiger partial charge in [0.05, 0.1) is 6.61 Å². The minimum Gasteiger partial charge on any atom is -0.395 e. The molecule has 5 heteroatoms. The largest absolute Gasteiger partial charge is 0.395 e. The highest BCUT2D eigenvalue weighted by molar-refractivity contribution is 5.40. The lowest BCUT2D eigenvalue weighted by Gasteiger charge is -2.35. The summed E-state index contributed by atoms with van der Waals surface area (Å²) in [6.45, 7) is 12.9. The first-order valence-electron chi connectivity index (χ1n) is 7.09. The van der Waals surface area contributed by atoms with Gasteiger partial charge in [0.25, 0.3) is 0 Å². The molecule has 1 aromatic heterocycles. The highest BCUT2D eigenvalue weighted by atomic mass is 16.3. The third-order valence-corrected chi connectivity index (χ3v) is 3.07. The number of hydrogen-bond donors (Lipinski definition) is 1. The second-order valence-corrected chi connectivity index (χ2v) is 4.47. The third-order valence-electron chi connectivity index (χ3n) is 3.07. The number of aliphatic hydroxyl groups is 1. The summed E-state index contributed by atoms with van der Waals surface area (Å²) in [5, 5.41) is 8.90. The Labute approximate surface area is 116 Å². The van der Waals surface area contributed by atoms with Gasteiger partial charge in [-0.25, -0.2) is 9.97 Å². The average Bonchev–Trinajstić information content (AvgIpc) is 2.41. The van der Waals surface area contributed by atoms with Crippen LogP contribution in [0.5, 0.6) is 0 Å². The van der Waals surface area contributed by atoms with Crippen LogP contribution in [0.2, 0.25) is 0 Å². The zero-order valence-corrected chi connectivity index (χ0v) is 12.6. The Balaban J connectivity index is 0.000000861. The molecular formula is C14H26N4O. The average molecular weight is 266 g/mol. The topological polar surface area (TPSA) is 52.5 Å². The van der Waals surface area contributed by atoms with Crippen molar-refractivity contribution in [1.29, 1.82) is 0 Å². The summed E-state index contributed by atoms with van der Waals surface area (Å²) >= 11 is 0. The zero-order valence-electron chi connectivity index (χ0n) is 12.6. The fraction of sp³-hybridized carbons (Fsp3) is 0.714. The summed E-state index contributed by atoms with van der Waals surface area (Å²) in [6.07, 6.45) is 0. The molecule has 0 unspecified atom stereocenters. The van der Waals surface area contributed by atoms with Crippen molar-refractivity contribution in [3.63, 3.8) is 0 Å². The minimum absolute atomic E-state index is 0.242. The predicted molar refractivity (Wildman–Crippen MR) is 78.6 cm³/mol. The van der Waals surface area contributed by atoms with Gasteiger partial charge in [0.1, 0.15) is 11.6 Å². The molecule has 1 aliphatic rings. The van der Waals surface area contributed by atoms with Crippen molar-refractivity contribution in [2.45, 2.75) is 27.7 Å². The maximum Gasteiger partial charge on any atom is 0.132 e. The van der Waals surface area contributed by atoms with Gasteiger partial charge < -0.3 is 10.0 Å². The highest BCUT2D eigenvalue weighted by Gasteiger charge is 2.17. The monoisotopic (exact) mass is 266 g/mol. The van der Waals surface area contributed by atoms with Crippen molar-refractivity contribution in [2.75, 3.05) is 44.2 Å². The van der Waals surface area contributed by atoms with Crippen LogP contribution in [0.15, 0.2) is 6.07 Å². The molecule has 1 saturated heterocycles. The highest BCUT2D eigenvalue weighted by Crippen LogP contribution is 2.14. The molecule has 1 N–H and O–H groups in total. The summed E-state index contributed by atoms with van der Waals surface area (Å²) in [6, 6.07) is 2.04. The third kappa shape index (κ3) is 4.76.